The lowest BCUT2D eigenvalue weighted by molar-refractivity contribution is -0.151. The van der Waals surface area contributed by atoms with Crippen molar-refractivity contribution in [2.75, 3.05) is 31.1 Å². The Morgan fingerprint density at radius 3 is 2.71 bits per heavy atom. The molecule has 1 aromatic heterocycles. The molecule has 1 amide bonds. The number of hydrogen-bond acceptors (Lipinski definition) is 4. The number of aryl methyl sites for hydroxylation is 1. The molecular formula is C16H23N3O2. The lowest BCUT2D eigenvalue weighted by Gasteiger charge is -2.40. The lowest BCUT2D eigenvalue weighted by Crippen LogP contribution is -2.58. The Morgan fingerprint density at radius 2 is 2.00 bits per heavy atom. The highest BCUT2D eigenvalue weighted by Crippen LogP contribution is 2.28. The summed E-state index contributed by atoms with van der Waals surface area (Å²) in [5.74, 6) is 0.750. The highest BCUT2D eigenvalue weighted by Gasteiger charge is 2.43. The second-order valence-corrected chi connectivity index (χ2v) is 6.19. The number of pyridine rings is 1. The lowest BCUT2D eigenvalue weighted by atomic mass is 9.91. The Labute approximate surface area is 125 Å². The van der Waals surface area contributed by atoms with Gasteiger partial charge in [0.05, 0.1) is 6.54 Å². The largest absolute Gasteiger partial charge is 0.378 e. The van der Waals surface area contributed by atoms with Crippen LogP contribution in [0.4, 0.5) is 5.82 Å². The molecule has 114 valence electrons. The second-order valence-electron chi connectivity index (χ2n) is 6.19. The van der Waals surface area contributed by atoms with Gasteiger partial charge in [-0.15, -0.1) is 0 Å². The summed E-state index contributed by atoms with van der Waals surface area (Å²) in [7, 11) is 0. The number of nitrogens with zero attached hydrogens (tertiary/aromatic N) is 3. The minimum Gasteiger partial charge on any atom is -0.378 e. The van der Waals surface area contributed by atoms with E-state index in [1.807, 2.05) is 34.9 Å². The van der Waals surface area contributed by atoms with E-state index in [1.54, 1.807) is 0 Å². The molecule has 2 aliphatic rings. The molecule has 2 fully saturated rings. The van der Waals surface area contributed by atoms with Crippen LogP contribution in [0.15, 0.2) is 18.2 Å². The van der Waals surface area contributed by atoms with Crippen LogP contribution in [0.1, 0.15) is 31.4 Å². The number of hydrogen-bond donors (Lipinski definition) is 1. The van der Waals surface area contributed by atoms with Crippen molar-refractivity contribution in [2.24, 2.45) is 0 Å². The third kappa shape index (κ3) is 2.88. The highest BCUT2D eigenvalue weighted by atomic mass is 16.3. The first-order chi connectivity index (χ1) is 10.1. The van der Waals surface area contributed by atoms with Crippen molar-refractivity contribution in [3.63, 3.8) is 0 Å². The van der Waals surface area contributed by atoms with Gasteiger partial charge in [-0.25, -0.2) is 4.98 Å². The fraction of sp³-hybridized carbons (Fsp3) is 0.625. The molecule has 3 rings (SSSR count). The van der Waals surface area contributed by atoms with Gasteiger partial charge < -0.3 is 14.9 Å². The van der Waals surface area contributed by atoms with Crippen LogP contribution in [0, 0.1) is 6.92 Å². The van der Waals surface area contributed by atoms with Crippen molar-refractivity contribution in [1.29, 1.82) is 0 Å². The van der Waals surface area contributed by atoms with Crippen LogP contribution in [0.2, 0.25) is 0 Å². The van der Waals surface area contributed by atoms with Gasteiger partial charge in [-0.2, -0.15) is 0 Å². The first-order valence-corrected chi connectivity index (χ1v) is 7.79. The van der Waals surface area contributed by atoms with Crippen LogP contribution in [0.3, 0.4) is 0 Å². The van der Waals surface area contributed by atoms with Crippen LogP contribution >= 0.6 is 0 Å². The first kappa shape index (κ1) is 14.3. The topological polar surface area (TPSA) is 56.7 Å². The summed E-state index contributed by atoms with van der Waals surface area (Å²) in [6.45, 7) is 4.70. The van der Waals surface area contributed by atoms with Crippen molar-refractivity contribution < 1.29 is 9.90 Å². The maximum absolute atomic E-state index is 12.6. The smallest absolute Gasteiger partial charge is 0.256 e. The summed E-state index contributed by atoms with van der Waals surface area (Å²) >= 11 is 0. The zero-order valence-corrected chi connectivity index (χ0v) is 12.6. The zero-order chi connectivity index (χ0) is 14.9. The van der Waals surface area contributed by atoms with Gasteiger partial charge in [0.1, 0.15) is 5.82 Å². The number of anilines is 1. The van der Waals surface area contributed by atoms with E-state index in [4.69, 9.17) is 0 Å². The van der Waals surface area contributed by atoms with Crippen molar-refractivity contribution in [3.8, 4) is 0 Å². The maximum Gasteiger partial charge on any atom is 0.256 e. The predicted molar refractivity (Wildman–Crippen MR) is 81.2 cm³/mol. The molecule has 1 N–H and O–H groups in total. The summed E-state index contributed by atoms with van der Waals surface area (Å²) in [6, 6.07) is 5.86. The Kier molecular flexibility index (Phi) is 3.85. The molecule has 1 unspecified atom stereocenters. The van der Waals surface area contributed by atoms with E-state index in [-0.39, 0.29) is 5.91 Å². The summed E-state index contributed by atoms with van der Waals surface area (Å²) in [4.78, 5) is 20.9. The van der Waals surface area contributed by atoms with Crippen molar-refractivity contribution >= 4 is 11.7 Å². The molecule has 0 aromatic carbocycles. The Hall–Kier alpha value is -1.62. The van der Waals surface area contributed by atoms with Crippen LogP contribution in [-0.2, 0) is 4.79 Å². The van der Waals surface area contributed by atoms with Gasteiger partial charge in [0, 0.05) is 25.3 Å². The van der Waals surface area contributed by atoms with Gasteiger partial charge in [-0.1, -0.05) is 6.07 Å². The molecule has 1 aromatic rings. The number of rotatable bonds is 2. The normalized spacial score (nSPS) is 26.2. The van der Waals surface area contributed by atoms with E-state index in [0.29, 0.717) is 13.0 Å². The standard InChI is InChI=1S/C16H23N3O2/c1-13-6-4-7-14(17-13)19-11-5-8-16(21,12-19)15(20)18-9-2-3-10-18/h4,6-7,21H,2-3,5,8-12H2,1H3. The van der Waals surface area contributed by atoms with E-state index < -0.39 is 5.60 Å². The molecule has 1 atom stereocenters. The molecule has 2 aliphatic heterocycles. The van der Waals surface area contributed by atoms with E-state index in [1.165, 1.54) is 0 Å². The van der Waals surface area contributed by atoms with E-state index in [9.17, 15) is 9.90 Å². The fourth-order valence-electron chi connectivity index (χ4n) is 3.33. The number of carbonyl (C=O) groups excluding carboxylic acids is 1. The number of aromatic nitrogens is 1. The van der Waals surface area contributed by atoms with Crippen molar-refractivity contribution in [1.82, 2.24) is 9.88 Å². The number of β-amino-alcohol motifs (C(OH)–C–C–N with tert-alkyl or cyclic N) is 1. The summed E-state index contributed by atoms with van der Waals surface area (Å²) in [5.41, 5.74) is -0.305. The average Bonchev–Trinajstić information content (AvgIpc) is 3.00. The highest BCUT2D eigenvalue weighted by molar-refractivity contribution is 5.86. The zero-order valence-electron chi connectivity index (χ0n) is 12.6. The van der Waals surface area contributed by atoms with Gasteiger partial charge in [0.15, 0.2) is 5.60 Å². The third-order valence-electron chi connectivity index (χ3n) is 4.46. The Morgan fingerprint density at radius 1 is 1.24 bits per heavy atom. The number of piperidine rings is 1. The van der Waals surface area contributed by atoms with Crippen LogP contribution in [0.5, 0.6) is 0 Å². The molecule has 21 heavy (non-hydrogen) atoms. The Balaban J connectivity index is 1.76. The molecule has 5 nitrogen and oxygen atoms in total. The van der Waals surface area contributed by atoms with Crippen molar-refractivity contribution in [3.05, 3.63) is 23.9 Å². The minimum absolute atomic E-state index is 0.0997. The summed E-state index contributed by atoms with van der Waals surface area (Å²) in [5, 5.41) is 10.8. The SMILES string of the molecule is Cc1cccc(N2CCCC(O)(C(=O)N3CCCC3)C2)n1. The molecule has 0 aliphatic carbocycles. The summed E-state index contributed by atoms with van der Waals surface area (Å²) in [6.07, 6.45) is 3.45. The van der Waals surface area contributed by atoms with Crippen LogP contribution < -0.4 is 4.90 Å². The number of likely N-dealkylation sites (tertiary alicyclic amines) is 1. The predicted octanol–water partition coefficient (Wildman–Crippen LogP) is 1.34. The van der Waals surface area contributed by atoms with Crippen molar-refractivity contribution in [2.45, 2.75) is 38.2 Å². The molecule has 2 saturated heterocycles. The molecule has 0 spiro atoms. The molecule has 0 saturated carbocycles. The Bertz CT molecular complexity index is 528. The van der Waals surface area contributed by atoms with Gasteiger partial charge in [0.25, 0.3) is 5.91 Å². The molecule has 3 heterocycles. The third-order valence-corrected chi connectivity index (χ3v) is 4.46. The van der Waals surface area contributed by atoms with Crippen LogP contribution in [0.25, 0.3) is 0 Å². The molecule has 0 bridgehead atoms. The van der Waals surface area contributed by atoms with E-state index in [0.717, 1.165) is 50.4 Å². The quantitative estimate of drug-likeness (QED) is 0.893. The maximum atomic E-state index is 12.6. The number of amides is 1. The fourth-order valence-corrected chi connectivity index (χ4v) is 3.33. The monoisotopic (exact) mass is 289 g/mol. The molecular weight excluding hydrogens is 266 g/mol. The average molecular weight is 289 g/mol. The second kappa shape index (κ2) is 5.64. The molecule has 5 heteroatoms. The van der Waals surface area contributed by atoms with Gasteiger partial charge >= 0.3 is 0 Å². The van der Waals surface area contributed by atoms with Gasteiger partial charge in [0.2, 0.25) is 0 Å². The van der Waals surface area contributed by atoms with E-state index >= 15 is 0 Å². The number of carbonyl (C=O) groups is 1. The summed E-state index contributed by atoms with van der Waals surface area (Å²) < 4.78 is 0. The van der Waals surface area contributed by atoms with Gasteiger partial charge in [-0.3, -0.25) is 4.79 Å². The van der Waals surface area contributed by atoms with Gasteiger partial charge in [-0.05, 0) is 44.7 Å². The van der Waals surface area contributed by atoms with E-state index in [2.05, 4.69) is 4.98 Å². The minimum atomic E-state index is -1.26. The number of aliphatic hydroxyl groups is 1. The molecule has 0 radical (unpaired) electrons. The van der Waals surface area contributed by atoms with Crippen LogP contribution in [-0.4, -0.2) is 52.7 Å². The first-order valence-electron chi connectivity index (χ1n) is 7.79.